The van der Waals surface area contributed by atoms with Crippen molar-refractivity contribution < 1.29 is 13.9 Å². The topological polar surface area (TPSA) is 102 Å². The van der Waals surface area contributed by atoms with Crippen LogP contribution >= 0.6 is 0 Å². The number of nitrogens with zero attached hydrogens (tertiary/aromatic N) is 5. The molecule has 1 atom stereocenters. The predicted molar refractivity (Wildman–Crippen MR) is 129 cm³/mol. The Hall–Kier alpha value is -4.24. The Balaban J connectivity index is 1.42. The minimum absolute atomic E-state index is 0.146. The Labute approximate surface area is 201 Å². The number of rotatable bonds is 6. The van der Waals surface area contributed by atoms with Crippen LogP contribution in [-0.2, 0) is 24.2 Å². The maximum Gasteiger partial charge on any atom is 0.258 e. The van der Waals surface area contributed by atoms with Gasteiger partial charge in [-0.3, -0.25) is 4.79 Å². The normalized spacial score (nSPS) is 15.6. The predicted octanol–water partition coefficient (Wildman–Crippen LogP) is 3.86. The van der Waals surface area contributed by atoms with E-state index < -0.39 is 6.04 Å². The lowest BCUT2D eigenvalue weighted by Gasteiger charge is -2.32. The Morgan fingerprint density at radius 1 is 1.31 bits per heavy atom. The number of amides is 1. The lowest BCUT2D eigenvalue weighted by Crippen LogP contribution is -2.40. The van der Waals surface area contributed by atoms with Gasteiger partial charge in [0, 0.05) is 32.0 Å². The number of aromatic amines is 1. The minimum atomic E-state index is -0.546. The van der Waals surface area contributed by atoms with Crippen LogP contribution in [0.2, 0.25) is 0 Å². The summed E-state index contributed by atoms with van der Waals surface area (Å²) in [6.45, 7) is 4.78. The highest BCUT2D eigenvalue weighted by atomic mass is 16.5. The van der Waals surface area contributed by atoms with Crippen LogP contribution in [-0.4, -0.2) is 49.0 Å². The summed E-state index contributed by atoms with van der Waals surface area (Å²) in [5, 5.41) is 4.42. The zero-order valence-electron chi connectivity index (χ0n) is 19.3. The molecular formula is C26H24N6O3. The number of hydrogen-bond donors (Lipinski definition) is 1. The van der Waals surface area contributed by atoms with E-state index in [1.807, 2.05) is 42.6 Å². The number of pyridine rings is 1. The highest BCUT2D eigenvalue weighted by Gasteiger charge is 2.38. The number of carbonyl (C=O) groups excluding carboxylic acids is 1. The molecule has 6 rings (SSSR count). The summed E-state index contributed by atoms with van der Waals surface area (Å²) in [5.41, 5.74) is 6.47. The number of ether oxygens (including phenoxy) is 1. The lowest BCUT2D eigenvalue weighted by molar-refractivity contribution is 0.0669. The molecule has 5 aromatic rings. The van der Waals surface area contributed by atoms with Gasteiger partial charge < -0.3 is 19.0 Å². The first-order valence-corrected chi connectivity index (χ1v) is 11.4. The third-order valence-corrected chi connectivity index (χ3v) is 6.39. The number of methoxy groups -OCH3 is 1. The molecule has 0 saturated carbocycles. The molecule has 0 bridgehead atoms. The van der Waals surface area contributed by atoms with Crippen LogP contribution in [0.15, 0.2) is 66.1 Å². The molecule has 176 valence electrons. The van der Waals surface area contributed by atoms with Crippen LogP contribution in [0, 0.1) is 0 Å². The number of benzene rings is 1. The summed E-state index contributed by atoms with van der Waals surface area (Å²) in [4.78, 5) is 28.2. The number of oxazole rings is 1. The van der Waals surface area contributed by atoms with E-state index in [2.05, 4.69) is 21.6 Å². The van der Waals surface area contributed by atoms with Crippen LogP contribution in [0.25, 0.3) is 16.6 Å². The van der Waals surface area contributed by atoms with E-state index in [0.29, 0.717) is 36.6 Å². The number of fused-ring (bicyclic) bond motifs is 3. The SMILES string of the molecule is C=CCc1ccc2oc([C@@H]3c4nc[nH]c4CCN3C(=O)c3cnn4cc(COC)ccc34)nc2c1. The van der Waals surface area contributed by atoms with Crippen molar-refractivity contribution in [3.63, 3.8) is 0 Å². The molecule has 1 aliphatic rings. The van der Waals surface area contributed by atoms with E-state index in [1.54, 1.807) is 29.0 Å². The molecule has 0 saturated heterocycles. The van der Waals surface area contributed by atoms with Crippen LogP contribution in [0.5, 0.6) is 0 Å². The molecule has 0 radical (unpaired) electrons. The minimum Gasteiger partial charge on any atom is -0.438 e. The van der Waals surface area contributed by atoms with Gasteiger partial charge >= 0.3 is 0 Å². The second-order valence-corrected chi connectivity index (χ2v) is 8.62. The number of hydrogen-bond acceptors (Lipinski definition) is 6. The molecule has 1 aromatic carbocycles. The Morgan fingerprint density at radius 2 is 2.20 bits per heavy atom. The fraction of sp³-hybridized carbons (Fsp3) is 0.231. The monoisotopic (exact) mass is 468 g/mol. The standard InChI is InChI=1S/C26H24N6O3/c1-3-4-16-6-8-22-20(11-16)30-25(35-22)24-23-19(27-15-28-23)9-10-31(24)26(33)18-12-29-32-13-17(14-34-2)5-7-21(18)32/h3,5-8,11-13,15,24H,1,4,9-10,14H2,2H3,(H,27,28)/t24-/m0/s1. The maximum absolute atomic E-state index is 13.9. The second kappa shape index (κ2) is 8.52. The Bertz CT molecular complexity index is 1560. The lowest BCUT2D eigenvalue weighted by atomic mass is 10.0. The van der Waals surface area contributed by atoms with Crippen molar-refractivity contribution in [3.8, 4) is 0 Å². The van der Waals surface area contributed by atoms with Crippen LogP contribution in [0.3, 0.4) is 0 Å². The highest BCUT2D eigenvalue weighted by molar-refractivity contribution is 6.01. The quantitative estimate of drug-likeness (QED) is 0.380. The smallest absolute Gasteiger partial charge is 0.258 e. The van der Waals surface area contributed by atoms with E-state index in [9.17, 15) is 4.79 Å². The zero-order chi connectivity index (χ0) is 23.9. The van der Waals surface area contributed by atoms with Gasteiger partial charge in [-0.1, -0.05) is 18.2 Å². The second-order valence-electron chi connectivity index (χ2n) is 8.62. The van der Waals surface area contributed by atoms with Gasteiger partial charge in [-0.25, -0.2) is 14.5 Å². The van der Waals surface area contributed by atoms with Gasteiger partial charge in [0.15, 0.2) is 11.6 Å². The molecule has 5 heterocycles. The zero-order valence-corrected chi connectivity index (χ0v) is 19.3. The molecule has 0 fully saturated rings. The van der Waals surface area contributed by atoms with Gasteiger partial charge in [-0.2, -0.15) is 5.10 Å². The van der Waals surface area contributed by atoms with Gasteiger partial charge in [0.25, 0.3) is 5.91 Å². The van der Waals surface area contributed by atoms with Gasteiger partial charge in [0.2, 0.25) is 5.89 Å². The van der Waals surface area contributed by atoms with E-state index in [4.69, 9.17) is 14.1 Å². The number of nitrogens with one attached hydrogen (secondary N) is 1. The molecular weight excluding hydrogens is 444 g/mol. The van der Waals surface area contributed by atoms with E-state index >= 15 is 0 Å². The fourth-order valence-corrected chi connectivity index (χ4v) is 4.75. The van der Waals surface area contributed by atoms with E-state index in [-0.39, 0.29) is 5.91 Å². The third-order valence-electron chi connectivity index (χ3n) is 6.39. The average molecular weight is 469 g/mol. The number of imidazole rings is 1. The van der Waals surface area contributed by atoms with Crippen molar-refractivity contribution in [1.29, 1.82) is 0 Å². The van der Waals surface area contributed by atoms with Crippen LogP contribution < -0.4 is 0 Å². The molecule has 1 N–H and O–H groups in total. The summed E-state index contributed by atoms with van der Waals surface area (Å²) < 4.78 is 13.1. The molecule has 35 heavy (non-hydrogen) atoms. The van der Waals surface area contributed by atoms with Gasteiger partial charge in [0.05, 0.1) is 35.9 Å². The average Bonchev–Trinajstić information content (AvgIpc) is 3.60. The largest absolute Gasteiger partial charge is 0.438 e. The van der Waals surface area contributed by atoms with Crippen LogP contribution in [0.1, 0.15) is 44.8 Å². The summed E-state index contributed by atoms with van der Waals surface area (Å²) in [6, 6.07) is 9.20. The first-order valence-electron chi connectivity index (χ1n) is 11.4. The third kappa shape index (κ3) is 3.60. The van der Waals surface area contributed by atoms with Gasteiger partial charge in [-0.15, -0.1) is 6.58 Å². The number of aromatic nitrogens is 5. The van der Waals surface area contributed by atoms with Crippen molar-refractivity contribution in [2.24, 2.45) is 0 Å². The van der Waals surface area contributed by atoms with Gasteiger partial charge in [-0.05, 0) is 35.7 Å². The maximum atomic E-state index is 13.9. The summed E-state index contributed by atoms with van der Waals surface area (Å²) in [7, 11) is 1.65. The Kier molecular flexibility index (Phi) is 5.18. The number of allylic oxidation sites excluding steroid dienone is 1. The first-order chi connectivity index (χ1) is 17.2. The molecule has 9 heteroatoms. The molecule has 0 unspecified atom stereocenters. The highest BCUT2D eigenvalue weighted by Crippen LogP contribution is 2.36. The molecule has 0 spiro atoms. The van der Waals surface area contributed by atoms with Crippen molar-refractivity contribution in [2.45, 2.75) is 25.5 Å². The fourth-order valence-electron chi connectivity index (χ4n) is 4.75. The summed E-state index contributed by atoms with van der Waals surface area (Å²) in [6.07, 6.45) is 8.40. The van der Waals surface area contributed by atoms with Crippen molar-refractivity contribution in [2.75, 3.05) is 13.7 Å². The van der Waals surface area contributed by atoms with Crippen molar-refractivity contribution in [1.82, 2.24) is 29.5 Å². The van der Waals surface area contributed by atoms with Crippen molar-refractivity contribution in [3.05, 3.63) is 95.7 Å². The molecule has 0 aliphatic carbocycles. The number of H-pyrrole nitrogens is 1. The number of carbonyl (C=O) groups is 1. The van der Waals surface area contributed by atoms with E-state index in [0.717, 1.165) is 40.0 Å². The molecule has 4 aromatic heterocycles. The molecule has 1 aliphatic heterocycles. The first kappa shape index (κ1) is 21.3. The summed E-state index contributed by atoms with van der Waals surface area (Å²) >= 11 is 0. The van der Waals surface area contributed by atoms with Crippen molar-refractivity contribution >= 4 is 22.5 Å². The van der Waals surface area contributed by atoms with E-state index in [1.165, 1.54) is 0 Å². The molecule has 9 nitrogen and oxygen atoms in total. The van der Waals surface area contributed by atoms with Gasteiger partial charge in [0.1, 0.15) is 5.52 Å². The Morgan fingerprint density at radius 3 is 3.06 bits per heavy atom. The van der Waals surface area contributed by atoms with Crippen LogP contribution in [0.4, 0.5) is 0 Å². The molecule has 1 amide bonds. The summed E-state index contributed by atoms with van der Waals surface area (Å²) in [5.74, 6) is 0.295.